The summed E-state index contributed by atoms with van der Waals surface area (Å²) in [5.41, 5.74) is 1.79. The van der Waals surface area contributed by atoms with E-state index < -0.39 is 0 Å². The number of hydrogen-bond acceptors (Lipinski definition) is 4. The number of rotatable bonds is 7. The zero-order valence-corrected chi connectivity index (χ0v) is 13.0. The van der Waals surface area contributed by atoms with E-state index in [-0.39, 0.29) is 5.82 Å². The smallest absolute Gasteiger partial charge is 0.127 e. The Bertz CT molecular complexity index is 595. The third-order valence-electron chi connectivity index (χ3n) is 3.55. The lowest BCUT2D eigenvalue weighted by Gasteiger charge is -2.15. The second kappa shape index (κ2) is 6.64. The van der Waals surface area contributed by atoms with Gasteiger partial charge in [0.05, 0.1) is 5.69 Å². The molecule has 3 rings (SSSR count). The Morgan fingerprint density at radius 2 is 2.14 bits per heavy atom. The van der Waals surface area contributed by atoms with E-state index in [0.717, 1.165) is 29.4 Å². The maximum atomic E-state index is 13.6. The molecule has 3 nitrogen and oxygen atoms in total. The van der Waals surface area contributed by atoms with Crippen molar-refractivity contribution in [2.24, 2.45) is 0 Å². The van der Waals surface area contributed by atoms with E-state index in [4.69, 9.17) is 0 Å². The molecule has 1 aliphatic carbocycles. The average Bonchev–Trinajstić information content (AvgIpc) is 3.19. The predicted molar refractivity (Wildman–Crippen MR) is 83.5 cm³/mol. The molecule has 1 heterocycles. The molecule has 0 unspecified atom stereocenters. The van der Waals surface area contributed by atoms with Crippen molar-refractivity contribution in [3.05, 3.63) is 51.7 Å². The van der Waals surface area contributed by atoms with Gasteiger partial charge in [0.2, 0.25) is 0 Å². The molecule has 1 aromatic carbocycles. The summed E-state index contributed by atoms with van der Waals surface area (Å²) in [7, 11) is 1.99. The maximum absolute atomic E-state index is 13.6. The van der Waals surface area contributed by atoms with Crippen molar-refractivity contribution in [1.82, 2.24) is 15.2 Å². The number of benzene rings is 1. The fourth-order valence-electron chi connectivity index (χ4n) is 2.27. The standard InChI is InChI=1S/C16H20FN3S/c1-20(9-12-4-2-3-5-15(12)17)10-14-11-21-16(19-14)8-18-13-6-7-13/h2-5,11,13,18H,6-10H2,1H3. The summed E-state index contributed by atoms with van der Waals surface area (Å²) in [4.78, 5) is 6.72. The largest absolute Gasteiger partial charge is 0.308 e. The van der Waals surface area contributed by atoms with Gasteiger partial charge in [-0.3, -0.25) is 4.90 Å². The second-order valence-corrected chi connectivity index (χ2v) is 6.59. The molecule has 1 aromatic heterocycles. The molecule has 1 fully saturated rings. The maximum Gasteiger partial charge on any atom is 0.127 e. The Kier molecular flexibility index (Phi) is 4.63. The summed E-state index contributed by atoms with van der Waals surface area (Å²) >= 11 is 1.70. The first-order valence-corrected chi connectivity index (χ1v) is 8.17. The van der Waals surface area contributed by atoms with E-state index in [1.165, 1.54) is 18.9 Å². The van der Waals surface area contributed by atoms with Gasteiger partial charge in [-0.2, -0.15) is 0 Å². The summed E-state index contributed by atoms with van der Waals surface area (Å²) in [5.74, 6) is -0.142. The third kappa shape index (κ3) is 4.33. The highest BCUT2D eigenvalue weighted by Crippen LogP contribution is 2.20. The molecular formula is C16H20FN3S. The summed E-state index contributed by atoms with van der Waals surface area (Å²) in [6.45, 7) is 2.21. The van der Waals surface area contributed by atoms with Crippen molar-refractivity contribution in [3.63, 3.8) is 0 Å². The molecule has 0 amide bonds. The molecule has 0 radical (unpaired) electrons. The predicted octanol–water partition coefficient (Wildman–Crippen LogP) is 3.17. The van der Waals surface area contributed by atoms with Crippen LogP contribution in [0.4, 0.5) is 4.39 Å². The van der Waals surface area contributed by atoms with E-state index in [2.05, 4.69) is 20.6 Å². The van der Waals surface area contributed by atoms with E-state index in [0.29, 0.717) is 12.6 Å². The summed E-state index contributed by atoms with van der Waals surface area (Å²) in [5, 5.41) is 6.71. The molecule has 1 N–H and O–H groups in total. The molecule has 0 bridgehead atoms. The topological polar surface area (TPSA) is 28.2 Å². The summed E-state index contributed by atoms with van der Waals surface area (Å²) in [6, 6.07) is 7.64. The van der Waals surface area contributed by atoms with Crippen molar-refractivity contribution in [1.29, 1.82) is 0 Å². The van der Waals surface area contributed by atoms with Gasteiger partial charge in [-0.25, -0.2) is 9.37 Å². The number of halogens is 1. The molecule has 0 spiro atoms. The quantitative estimate of drug-likeness (QED) is 0.851. The summed E-state index contributed by atoms with van der Waals surface area (Å²) in [6.07, 6.45) is 2.59. The SMILES string of the molecule is CN(Cc1csc(CNC2CC2)n1)Cc1ccccc1F. The minimum atomic E-state index is -0.142. The van der Waals surface area contributed by atoms with Crippen molar-refractivity contribution >= 4 is 11.3 Å². The Balaban J connectivity index is 1.52. The number of nitrogens with zero attached hydrogens (tertiary/aromatic N) is 2. The van der Waals surface area contributed by atoms with Gasteiger partial charge in [0.1, 0.15) is 10.8 Å². The highest BCUT2D eigenvalue weighted by Gasteiger charge is 2.20. The molecule has 5 heteroatoms. The van der Waals surface area contributed by atoms with Crippen LogP contribution in [0.2, 0.25) is 0 Å². The zero-order valence-electron chi connectivity index (χ0n) is 12.2. The third-order valence-corrected chi connectivity index (χ3v) is 4.45. The molecule has 0 aliphatic heterocycles. The number of aromatic nitrogens is 1. The van der Waals surface area contributed by atoms with Crippen LogP contribution in [-0.4, -0.2) is 23.0 Å². The lowest BCUT2D eigenvalue weighted by atomic mass is 10.2. The lowest BCUT2D eigenvalue weighted by molar-refractivity contribution is 0.310. The minimum Gasteiger partial charge on any atom is -0.308 e. The highest BCUT2D eigenvalue weighted by molar-refractivity contribution is 7.09. The van der Waals surface area contributed by atoms with Gasteiger partial charge in [-0.05, 0) is 26.0 Å². The van der Waals surface area contributed by atoms with Crippen LogP contribution in [0.15, 0.2) is 29.6 Å². The molecule has 21 heavy (non-hydrogen) atoms. The van der Waals surface area contributed by atoms with Gasteiger partial charge in [0.15, 0.2) is 0 Å². The second-order valence-electron chi connectivity index (χ2n) is 5.65. The van der Waals surface area contributed by atoms with Crippen LogP contribution in [-0.2, 0) is 19.6 Å². The minimum absolute atomic E-state index is 0.142. The fourth-order valence-corrected chi connectivity index (χ4v) is 3.01. The van der Waals surface area contributed by atoms with E-state index >= 15 is 0 Å². The first-order chi connectivity index (χ1) is 10.2. The molecule has 2 aromatic rings. The van der Waals surface area contributed by atoms with Crippen LogP contribution < -0.4 is 5.32 Å². The zero-order chi connectivity index (χ0) is 14.7. The van der Waals surface area contributed by atoms with Crippen LogP contribution in [0.1, 0.15) is 29.1 Å². The molecule has 112 valence electrons. The Hall–Kier alpha value is -1.30. The van der Waals surface area contributed by atoms with Gasteiger partial charge >= 0.3 is 0 Å². The molecule has 0 atom stereocenters. The molecule has 1 aliphatic rings. The molecular weight excluding hydrogens is 285 g/mol. The van der Waals surface area contributed by atoms with Gasteiger partial charge < -0.3 is 5.32 Å². The lowest BCUT2D eigenvalue weighted by Crippen LogP contribution is -2.18. The van der Waals surface area contributed by atoms with Crippen molar-refractivity contribution in [2.45, 2.75) is 38.5 Å². The number of hydrogen-bond donors (Lipinski definition) is 1. The Labute approximate surface area is 128 Å². The number of nitrogens with one attached hydrogen (secondary N) is 1. The van der Waals surface area contributed by atoms with Gasteiger partial charge in [-0.15, -0.1) is 11.3 Å². The molecule has 1 saturated carbocycles. The molecule has 0 saturated heterocycles. The first-order valence-electron chi connectivity index (χ1n) is 7.29. The number of thiazole rings is 1. The van der Waals surface area contributed by atoms with Crippen LogP contribution in [0.5, 0.6) is 0 Å². The fraction of sp³-hybridized carbons (Fsp3) is 0.438. The first kappa shape index (κ1) is 14.6. The van der Waals surface area contributed by atoms with Crippen LogP contribution in [0.3, 0.4) is 0 Å². The van der Waals surface area contributed by atoms with Crippen LogP contribution in [0.25, 0.3) is 0 Å². The van der Waals surface area contributed by atoms with Gasteiger partial charge in [0.25, 0.3) is 0 Å². The van der Waals surface area contributed by atoms with E-state index in [1.54, 1.807) is 17.4 Å². The summed E-state index contributed by atoms with van der Waals surface area (Å²) < 4.78 is 13.6. The highest BCUT2D eigenvalue weighted by atomic mass is 32.1. The van der Waals surface area contributed by atoms with Gasteiger partial charge in [0, 0.05) is 36.6 Å². The van der Waals surface area contributed by atoms with E-state index in [1.807, 2.05) is 19.2 Å². The monoisotopic (exact) mass is 305 g/mol. The Morgan fingerprint density at radius 3 is 2.90 bits per heavy atom. The average molecular weight is 305 g/mol. The van der Waals surface area contributed by atoms with Crippen molar-refractivity contribution in [2.75, 3.05) is 7.05 Å². The van der Waals surface area contributed by atoms with E-state index in [9.17, 15) is 4.39 Å². The van der Waals surface area contributed by atoms with Crippen molar-refractivity contribution in [3.8, 4) is 0 Å². The van der Waals surface area contributed by atoms with Crippen molar-refractivity contribution < 1.29 is 4.39 Å². The normalized spacial score (nSPS) is 14.8. The van der Waals surface area contributed by atoms with Crippen LogP contribution in [0, 0.1) is 5.82 Å². The van der Waals surface area contributed by atoms with Crippen LogP contribution >= 0.6 is 11.3 Å². The van der Waals surface area contributed by atoms with Gasteiger partial charge in [-0.1, -0.05) is 18.2 Å². The Morgan fingerprint density at radius 1 is 1.33 bits per heavy atom.